The highest BCUT2D eigenvalue weighted by atomic mass is 32.2. The molecule has 2 aromatic carbocycles. The summed E-state index contributed by atoms with van der Waals surface area (Å²) < 4.78 is 37.4. The molecule has 0 bridgehead atoms. The molecule has 9 nitrogen and oxygen atoms in total. The van der Waals surface area contributed by atoms with Gasteiger partial charge in [0, 0.05) is 12.2 Å². The first-order valence-corrected chi connectivity index (χ1v) is 11.1. The molecule has 2 amide bonds. The summed E-state index contributed by atoms with van der Waals surface area (Å²) in [6, 6.07) is 14.9. The molecular formula is C22H23N3O6S. The monoisotopic (exact) mass is 457 g/mol. The molecule has 0 spiro atoms. The molecular weight excluding hydrogens is 434 g/mol. The first-order valence-electron chi connectivity index (χ1n) is 9.66. The number of amides is 2. The number of nitrogens with one attached hydrogen (secondary N) is 3. The topological polar surface area (TPSA) is 127 Å². The van der Waals surface area contributed by atoms with Gasteiger partial charge in [-0.15, -0.1) is 0 Å². The number of sulfonamides is 1. The van der Waals surface area contributed by atoms with Crippen LogP contribution in [0.2, 0.25) is 0 Å². The fourth-order valence-corrected chi connectivity index (χ4v) is 4.01. The molecule has 0 saturated carbocycles. The van der Waals surface area contributed by atoms with Crippen molar-refractivity contribution in [2.45, 2.75) is 24.4 Å². The first kappa shape index (κ1) is 23.0. The summed E-state index contributed by atoms with van der Waals surface area (Å²) >= 11 is 0. The van der Waals surface area contributed by atoms with Crippen LogP contribution in [0.1, 0.15) is 23.0 Å². The van der Waals surface area contributed by atoms with Crippen LogP contribution in [-0.4, -0.2) is 33.4 Å². The van der Waals surface area contributed by atoms with Gasteiger partial charge in [-0.1, -0.05) is 12.1 Å². The van der Waals surface area contributed by atoms with Crippen molar-refractivity contribution in [2.75, 3.05) is 12.4 Å². The Bertz CT molecular complexity index is 1170. The Morgan fingerprint density at radius 2 is 1.81 bits per heavy atom. The zero-order valence-corrected chi connectivity index (χ0v) is 18.3. The van der Waals surface area contributed by atoms with Gasteiger partial charge in [-0.05, 0) is 61.0 Å². The Labute approximate surface area is 185 Å². The molecule has 3 N–H and O–H groups in total. The first-order chi connectivity index (χ1) is 15.3. The summed E-state index contributed by atoms with van der Waals surface area (Å²) in [4.78, 5) is 24.5. The van der Waals surface area contributed by atoms with E-state index in [1.165, 1.54) is 44.6 Å². The highest BCUT2D eigenvalue weighted by molar-refractivity contribution is 7.89. The fraction of sp³-hybridized carbons (Fsp3) is 0.182. The lowest BCUT2D eigenvalue weighted by atomic mass is 10.2. The molecule has 1 heterocycles. The molecule has 168 valence electrons. The number of hydrogen-bond donors (Lipinski definition) is 3. The van der Waals surface area contributed by atoms with Gasteiger partial charge in [0.2, 0.25) is 15.9 Å². The van der Waals surface area contributed by atoms with E-state index in [9.17, 15) is 18.0 Å². The highest BCUT2D eigenvalue weighted by Gasteiger charge is 2.22. The summed E-state index contributed by atoms with van der Waals surface area (Å²) in [6.45, 7) is 1.61. The molecule has 32 heavy (non-hydrogen) atoms. The van der Waals surface area contributed by atoms with Gasteiger partial charge in [0.25, 0.3) is 5.91 Å². The maximum absolute atomic E-state index is 12.5. The van der Waals surface area contributed by atoms with E-state index >= 15 is 0 Å². The Kier molecular flexibility index (Phi) is 7.29. The third kappa shape index (κ3) is 5.96. The molecule has 0 saturated heterocycles. The third-order valence-electron chi connectivity index (χ3n) is 4.49. The molecule has 10 heteroatoms. The van der Waals surface area contributed by atoms with Crippen molar-refractivity contribution >= 4 is 27.5 Å². The minimum absolute atomic E-state index is 0.0259. The number of benzene rings is 2. The van der Waals surface area contributed by atoms with Crippen LogP contribution in [0.3, 0.4) is 0 Å². The second-order valence-corrected chi connectivity index (χ2v) is 8.58. The van der Waals surface area contributed by atoms with Gasteiger partial charge in [-0.3, -0.25) is 9.59 Å². The van der Waals surface area contributed by atoms with Gasteiger partial charge in [0.1, 0.15) is 5.75 Å². The van der Waals surface area contributed by atoms with Gasteiger partial charge in [0.05, 0.1) is 24.3 Å². The Morgan fingerprint density at radius 1 is 1.06 bits per heavy atom. The van der Waals surface area contributed by atoms with Crippen LogP contribution in [0.4, 0.5) is 5.69 Å². The van der Waals surface area contributed by atoms with Gasteiger partial charge in [-0.25, -0.2) is 8.42 Å². The number of furan rings is 1. The van der Waals surface area contributed by atoms with E-state index in [0.717, 1.165) is 5.56 Å². The molecule has 0 aliphatic heterocycles. The number of anilines is 1. The van der Waals surface area contributed by atoms with E-state index in [0.29, 0.717) is 11.4 Å². The van der Waals surface area contributed by atoms with Gasteiger partial charge in [-0.2, -0.15) is 4.72 Å². The van der Waals surface area contributed by atoms with E-state index < -0.39 is 27.9 Å². The smallest absolute Gasteiger partial charge is 0.291 e. The van der Waals surface area contributed by atoms with Gasteiger partial charge in [0.15, 0.2) is 5.76 Å². The van der Waals surface area contributed by atoms with E-state index in [1.54, 1.807) is 36.4 Å². The Morgan fingerprint density at radius 3 is 2.47 bits per heavy atom. The van der Waals surface area contributed by atoms with Crippen molar-refractivity contribution < 1.29 is 27.2 Å². The number of carbonyl (C=O) groups excluding carboxylic acids is 2. The van der Waals surface area contributed by atoms with E-state index in [4.69, 9.17) is 9.15 Å². The fourth-order valence-electron chi connectivity index (χ4n) is 2.81. The predicted molar refractivity (Wildman–Crippen MR) is 118 cm³/mol. The lowest BCUT2D eigenvalue weighted by molar-refractivity contribution is -0.122. The summed E-state index contributed by atoms with van der Waals surface area (Å²) in [7, 11) is -2.39. The number of methoxy groups -OCH3 is 1. The minimum atomic E-state index is -3.88. The SMILES string of the molecule is COc1ccc(S(=O)(=O)N[C@@H](C)C(=O)NCc2cccc(NC(=O)c3ccco3)c2)cc1. The van der Waals surface area contributed by atoms with Crippen LogP contribution in [0.25, 0.3) is 0 Å². The molecule has 0 aliphatic rings. The zero-order chi connectivity index (χ0) is 23.1. The van der Waals surface area contributed by atoms with E-state index in [-0.39, 0.29) is 17.2 Å². The van der Waals surface area contributed by atoms with Crippen LogP contribution in [0.15, 0.2) is 76.2 Å². The van der Waals surface area contributed by atoms with Gasteiger partial charge < -0.3 is 19.8 Å². The van der Waals surface area contributed by atoms with Crippen molar-refractivity contribution in [3.8, 4) is 5.75 Å². The maximum Gasteiger partial charge on any atom is 0.291 e. The third-order valence-corrected chi connectivity index (χ3v) is 6.05. The molecule has 3 aromatic rings. The lowest BCUT2D eigenvalue weighted by Gasteiger charge is -2.15. The lowest BCUT2D eigenvalue weighted by Crippen LogP contribution is -2.44. The largest absolute Gasteiger partial charge is 0.497 e. The quantitative estimate of drug-likeness (QED) is 0.453. The summed E-state index contributed by atoms with van der Waals surface area (Å²) in [5, 5.41) is 5.39. The van der Waals surface area contributed by atoms with Crippen molar-refractivity contribution in [3.05, 3.63) is 78.3 Å². The standard InChI is InChI=1S/C22H23N3O6S/c1-15(25-32(28,29)19-10-8-18(30-2)9-11-19)21(26)23-14-16-5-3-6-17(13-16)24-22(27)20-7-4-12-31-20/h3-13,15,25H,14H2,1-2H3,(H,23,26)(H,24,27)/t15-/m0/s1. The van der Waals surface area contributed by atoms with Crippen molar-refractivity contribution in [1.82, 2.24) is 10.0 Å². The maximum atomic E-state index is 12.5. The molecule has 0 aliphatic carbocycles. The highest BCUT2D eigenvalue weighted by Crippen LogP contribution is 2.16. The minimum Gasteiger partial charge on any atom is -0.497 e. The predicted octanol–water partition coefficient (Wildman–Crippen LogP) is 2.52. The second kappa shape index (κ2) is 10.1. The zero-order valence-electron chi connectivity index (χ0n) is 17.5. The number of carbonyl (C=O) groups is 2. The average molecular weight is 458 g/mol. The van der Waals surface area contributed by atoms with E-state index in [2.05, 4.69) is 15.4 Å². The summed E-state index contributed by atoms with van der Waals surface area (Å²) in [5.41, 5.74) is 1.26. The van der Waals surface area contributed by atoms with E-state index in [1.807, 2.05) is 0 Å². The Balaban J connectivity index is 1.56. The normalized spacial score (nSPS) is 12.1. The summed E-state index contributed by atoms with van der Waals surface area (Å²) in [5.74, 6) is -0.177. The van der Waals surface area contributed by atoms with Crippen LogP contribution < -0.4 is 20.1 Å². The second-order valence-electron chi connectivity index (χ2n) is 6.87. The molecule has 0 unspecified atom stereocenters. The van der Waals surface area contributed by atoms with Crippen LogP contribution >= 0.6 is 0 Å². The molecule has 1 aromatic heterocycles. The van der Waals surface area contributed by atoms with Crippen LogP contribution in [0, 0.1) is 0 Å². The van der Waals surface area contributed by atoms with Crippen molar-refractivity contribution in [2.24, 2.45) is 0 Å². The number of hydrogen-bond acceptors (Lipinski definition) is 6. The molecule has 0 radical (unpaired) electrons. The number of rotatable bonds is 9. The average Bonchev–Trinajstić information content (AvgIpc) is 3.32. The van der Waals surface area contributed by atoms with Crippen LogP contribution in [0.5, 0.6) is 5.75 Å². The molecule has 3 rings (SSSR count). The van der Waals surface area contributed by atoms with Gasteiger partial charge >= 0.3 is 0 Å². The van der Waals surface area contributed by atoms with Crippen molar-refractivity contribution in [1.29, 1.82) is 0 Å². The molecule has 0 fully saturated rings. The number of ether oxygens (including phenoxy) is 1. The summed E-state index contributed by atoms with van der Waals surface area (Å²) in [6.07, 6.45) is 1.41. The van der Waals surface area contributed by atoms with Crippen molar-refractivity contribution in [3.63, 3.8) is 0 Å². The molecule has 1 atom stereocenters. The van der Waals surface area contributed by atoms with Crippen LogP contribution in [-0.2, 0) is 21.4 Å². The Hall–Kier alpha value is -3.63.